The summed E-state index contributed by atoms with van der Waals surface area (Å²) in [4.78, 5) is 0. The highest BCUT2D eigenvalue weighted by Gasteiger charge is 2.23. The Balaban J connectivity index is 0.845. The van der Waals surface area contributed by atoms with E-state index in [9.17, 15) is 0 Å². The number of hydrogen-bond acceptors (Lipinski definition) is 4. The number of unbranched alkanes of at least 4 members (excludes halogenated alkanes) is 10. The van der Waals surface area contributed by atoms with E-state index >= 15 is 0 Å². The molecule has 0 amide bonds. The van der Waals surface area contributed by atoms with Gasteiger partial charge < -0.3 is 18.9 Å². The van der Waals surface area contributed by atoms with Gasteiger partial charge in [0.2, 0.25) is 0 Å². The molecule has 4 nitrogen and oxygen atoms in total. The van der Waals surface area contributed by atoms with E-state index in [1.807, 2.05) is 12.1 Å². The molecule has 2 aliphatic carbocycles. The van der Waals surface area contributed by atoms with Gasteiger partial charge in [0.15, 0.2) is 0 Å². The van der Waals surface area contributed by atoms with E-state index in [0.29, 0.717) is 13.2 Å². The quantitative estimate of drug-likeness (QED) is 0.0680. The molecular weight excluding hydrogens is 848 g/mol. The van der Waals surface area contributed by atoms with E-state index in [-0.39, 0.29) is 0 Å². The molecule has 2 saturated carbocycles. The molecule has 2 aliphatic rings. The van der Waals surface area contributed by atoms with Crippen molar-refractivity contribution in [2.45, 2.75) is 180 Å². The normalized spacial score (nSPS) is 19.5. The van der Waals surface area contributed by atoms with Crippen LogP contribution >= 0.6 is 31.9 Å². The zero-order valence-corrected chi connectivity index (χ0v) is 39.4. The van der Waals surface area contributed by atoms with Crippen LogP contribution in [-0.2, 0) is 0 Å². The third-order valence-corrected chi connectivity index (χ3v) is 14.2. The van der Waals surface area contributed by atoms with Crippen molar-refractivity contribution < 1.29 is 18.9 Å². The monoisotopic (exact) mass is 922 g/mol. The van der Waals surface area contributed by atoms with Crippen LogP contribution < -0.4 is 18.9 Å². The highest BCUT2D eigenvalue weighted by molar-refractivity contribution is 9.11. The summed E-state index contributed by atoms with van der Waals surface area (Å²) in [7, 11) is 0. The van der Waals surface area contributed by atoms with Gasteiger partial charge >= 0.3 is 0 Å². The van der Waals surface area contributed by atoms with Crippen LogP contribution in [0.3, 0.4) is 0 Å². The minimum atomic E-state index is 0.698. The summed E-state index contributed by atoms with van der Waals surface area (Å²) in [6, 6.07) is 22.0. The average molecular weight is 925 g/mol. The molecule has 0 N–H and O–H groups in total. The smallest absolute Gasteiger partial charge is 0.134 e. The van der Waals surface area contributed by atoms with Crippen LogP contribution in [0.25, 0.3) is 0 Å². The lowest BCUT2D eigenvalue weighted by Gasteiger charge is -2.29. The summed E-state index contributed by atoms with van der Waals surface area (Å²) in [5.41, 5.74) is 3.00. The maximum atomic E-state index is 6.12. The SMILES string of the molecule is CCCCCC1CCC(c2ccc(OCCCCCCOc3cc(Br)c(OCCCCCCOc4ccc(C5CCC(CCCCC)CC5)cc4)cc3Br)cc2)CC1. The molecule has 2 fully saturated rings. The summed E-state index contributed by atoms with van der Waals surface area (Å²) in [6.07, 6.45) is 30.9. The largest absolute Gasteiger partial charge is 0.494 e. The Morgan fingerprint density at radius 2 is 0.759 bits per heavy atom. The number of halogens is 2. The second-order valence-corrected chi connectivity index (χ2v) is 19.2. The Hall–Kier alpha value is -2.18. The second-order valence-electron chi connectivity index (χ2n) is 17.5. The van der Waals surface area contributed by atoms with E-state index < -0.39 is 0 Å². The number of hydrogen-bond donors (Lipinski definition) is 0. The number of ether oxygens (including phenoxy) is 4. The van der Waals surface area contributed by atoms with E-state index in [1.165, 1.54) is 114 Å². The molecule has 0 bridgehead atoms. The molecule has 0 spiro atoms. The van der Waals surface area contributed by atoms with Crippen LogP contribution in [-0.4, -0.2) is 26.4 Å². The van der Waals surface area contributed by atoms with Gasteiger partial charge in [0.1, 0.15) is 23.0 Å². The predicted molar refractivity (Wildman–Crippen MR) is 251 cm³/mol. The summed E-state index contributed by atoms with van der Waals surface area (Å²) >= 11 is 7.39. The number of benzene rings is 3. The van der Waals surface area contributed by atoms with Gasteiger partial charge in [-0.1, -0.05) is 89.5 Å². The Kier molecular flexibility index (Phi) is 22.3. The molecule has 0 heterocycles. The Morgan fingerprint density at radius 3 is 1.10 bits per heavy atom. The molecule has 0 radical (unpaired) electrons. The molecule has 3 aromatic rings. The van der Waals surface area contributed by atoms with Crippen LogP contribution in [0.4, 0.5) is 0 Å². The van der Waals surface area contributed by atoms with Gasteiger partial charge in [-0.3, -0.25) is 0 Å². The van der Waals surface area contributed by atoms with Crippen LogP contribution in [0.15, 0.2) is 69.6 Å². The van der Waals surface area contributed by atoms with Gasteiger partial charge in [-0.25, -0.2) is 0 Å². The van der Waals surface area contributed by atoms with Gasteiger partial charge in [0.25, 0.3) is 0 Å². The van der Waals surface area contributed by atoms with Crippen molar-refractivity contribution in [3.63, 3.8) is 0 Å². The van der Waals surface area contributed by atoms with Crippen molar-refractivity contribution in [3.8, 4) is 23.0 Å². The van der Waals surface area contributed by atoms with E-state index in [0.717, 1.165) is 120 Å². The summed E-state index contributed by atoms with van der Waals surface area (Å²) in [6.45, 7) is 7.54. The van der Waals surface area contributed by atoms with Crippen LogP contribution in [0.2, 0.25) is 0 Å². The van der Waals surface area contributed by atoms with Gasteiger partial charge in [-0.2, -0.15) is 0 Å². The molecule has 0 atom stereocenters. The first-order valence-electron chi connectivity index (χ1n) is 23.7. The fourth-order valence-electron chi connectivity index (χ4n) is 9.20. The maximum absolute atomic E-state index is 6.12. The van der Waals surface area contributed by atoms with Crippen molar-refractivity contribution in [1.29, 1.82) is 0 Å². The molecule has 3 aromatic carbocycles. The first-order valence-corrected chi connectivity index (χ1v) is 25.3. The average Bonchev–Trinajstić information content (AvgIpc) is 3.25. The van der Waals surface area contributed by atoms with Crippen molar-refractivity contribution in [2.24, 2.45) is 11.8 Å². The molecule has 58 heavy (non-hydrogen) atoms. The molecule has 0 aromatic heterocycles. The van der Waals surface area contributed by atoms with Crippen LogP contribution in [0, 0.1) is 11.8 Å². The zero-order valence-electron chi connectivity index (χ0n) is 36.3. The lowest BCUT2D eigenvalue weighted by Crippen LogP contribution is -2.13. The maximum Gasteiger partial charge on any atom is 0.134 e. The van der Waals surface area contributed by atoms with Crippen LogP contribution in [0.1, 0.15) is 191 Å². The van der Waals surface area contributed by atoms with Gasteiger partial charge in [-0.05, 0) is 206 Å². The Labute approximate surface area is 370 Å². The highest BCUT2D eigenvalue weighted by atomic mass is 79.9. The van der Waals surface area contributed by atoms with Crippen molar-refractivity contribution in [2.75, 3.05) is 26.4 Å². The first kappa shape index (κ1) is 46.9. The molecular formula is C52H76Br2O4. The predicted octanol–water partition coefficient (Wildman–Crippen LogP) is 17.0. The van der Waals surface area contributed by atoms with Gasteiger partial charge in [-0.15, -0.1) is 0 Å². The van der Waals surface area contributed by atoms with E-state index in [4.69, 9.17) is 18.9 Å². The highest BCUT2D eigenvalue weighted by Crippen LogP contribution is 2.40. The number of rotatable bonds is 28. The topological polar surface area (TPSA) is 36.9 Å². The molecule has 0 saturated heterocycles. The summed E-state index contributed by atoms with van der Waals surface area (Å²) in [5.74, 6) is 7.09. The third-order valence-electron chi connectivity index (χ3n) is 12.9. The fourth-order valence-corrected chi connectivity index (χ4v) is 10.1. The Bertz CT molecular complexity index is 1390. The molecule has 6 heteroatoms. The summed E-state index contributed by atoms with van der Waals surface area (Å²) in [5, 5.41) is 0. The minimum absolute atomic E-state index is 0.698. The lowest BCUT2D eigenvalue weighted by molar-refractivity contribution is 0.281. The fraction of sp³-hybridized carbons (Fsp3) is 0.654. The van der Waals surface area contributed by atoms with Crippen molar-refractivity contribution in [1.82, 2.24) is 0 Å². The molecule has 0 aliphatic heterocycles. The van der Waals surface area contributed by atoms with E-state index in [1.54, 1.807) is 0 Å². The second kappa shape index (κ2) is 27.6. The molecule has 322 valence electrons. The van der Waals surface area contributed by atoms with Crippen molar-refractivity contribution >= 4 is 31.9 Å². The van der Waals surface area contributed by atoms with Gasteiger partial charge in [0.05, 0.1) is 35.4 Å². The molecule has 0 unspecified atom stereocenters. The standard InChI is InChI=1S/C52H76Br2O4/c1-3-5-11-17-41-19-23-43(24-20-41)45-27-31-47(32-28-45)55-35-13-7-9-15-37-57-51-39-50(54)52(40-49(51)53)58-38-16-10-8-14-36-56-48-33-29-46(30-34-48)44-25-21-42(22-26-44)18-12-6-4-2/h27-34,39-44H,3-26,35-38H2,1-2H3. The minimum Gasteiger partial charge on any atom is -0.494 e. The van der Waals surface area contributed by atoms with E-state index in [2.05, 4.69) is 94.2 Å². The Morgan fingerprint density at radius 1 is 0.414 bits per heavy atom. The first-order chi connectivity index (χ1) is 28.5. The van der Waals surface area contributed by atoms with Gasteiger partial charge in [0, 0.05) is 0 Å². The zero-order chi connectivity index (χ0) is 40.6. The molecule has 5 rings (SSSR count). The lowest BCUT2D eigenvalue weighted by atomic mass is 9.77. The van der Waals surface area contributed by atoms with Crippen LogP contribution in [0.5, 0.6) is 23.0 Å². The summed E-state index contributed by atoms with van der Waals surface area (Å²) < 4.78 is 26.3. The van der Waals surface area contributed by atoms with Crippen molar-refractivity contribution in [3.05, 3.63) is 80.7 Å². The third kappa shape index (κ3) is 17.1.